The van der Waals surface area contributed by atoms with Gasteiger partial charge in [-0.2, -0.15) is 26.9 Å². The second-order valence-electron chi connectivity index (χ2n) is 8.48. The zero-order chi connectivity index (χ0) is 31.7. The van der Waals surface area contributed by atoms with Gasteiger partial charge in [-0.15, -0.1) is 0 Å². The number of aromatic carboxylic acids is 1. The fraction of sp³-hybridized carbons (Fsp3) is 0. The van der Waals surface area contributed by atoms with Crippen molar-refractivity contribution in [2.75, 3.05) is 5.01 Å². The molecule has 0 aliphatic carbocycles. The minimum Gasteiger partial charge on any atom is -0.477 e. The number of allylic oxidation sites excluding steroid dienone is 4. The molecule has 2 heterocycles. The van der Waals surface area contributed by atoms with Gasteiger partial charge < -0.3 is 10.2 Å². The van der Waals surface area contributed by atoms with E-state index >= 15 is 0 Å². The number of nitrogens with zero attached hydrogens (tertiary/aromatic N) is 3. The van der Waals surface area contributed by atoms with Crippen LogP contribution in [0.25, 0.3) is 11.8 Å². The number of aliphatic carboxylic acids is 1. The first kappa shape index (κ1) is 39.0. The molecule has 45 heavy (non-hydrogen) atoms. The fourth-order valence-corrected chi connectivity index (χ4v) is 4.70. The number of carbonyl (C=O) groups excluding carboxylic acids is 1. The van der Waals surface area contributed by atoms with Gasteiger partial charge in [-0.25, -0.2) is 14.3 Å². The number of benzene rings is 2. The van der Waals surface area contributed by atoms with Crippen LogP contribution in [0, 0.1) is 0 Å². The van der Waals surface area contributed by atoms with Crippen molar-refractivity contribution < 1.29 is 50.5 Å². The molecular formula is C25H18K2N4O12S2. The van der Waals surface area contributed by atoms with Crippen molar-refractivity contribution in [3.63, 3.8) is 0 Å². The van der Waals surface area contributed by atoms with Crippen LogP contribution in [0.2, 0.25) is 0 Å². The molecule has 5 N–H and O–H groups in total. The SMILES string of the molecule is O=C(O)C1=NN(c2ccc(S(=O)(=O)O)cc2)C(=O)C1=CC=CC=Cc1c(C(=O)O)[nH]n(-c2ccc(S(=O)(=O)O)cc2)c1=O.[K].[K]. The van der Waals surface area contributed by atoms with Crippen LogP contribution in [0.3, 0.4) is 0 Å². The minimum absolute atomic E-state index is 0. The Morgan fingerprint density at radius 3 is 1.73 bits per heavy atom. The maximum absolute atomic E-state index is 12.9. The largest absolute Gasteiger partial charge is 0.477 e. The molecule has 0 fully saturated rings. The van der Waals surface area contributed by atoms with Crippen molar-refractivity contribution in [3.05, 3.63) is 100 Å². The Balaban J connectivity index is 0.00000353. The molecule has 2 aromatic carbocycles. The average Bonchev–Trinajstić information content (AvgIpc) is 3.44. The minimum atomic E-state index is -4.50. The Labute approximate surface area is 339 Å². The Morgan fingerprint density at radius 1 is 0.756 bits per heavy atom. The maximum Gasteiger partial charge on any atom is 0.357 e. The van der Waals surface area contributed by atoms with Crippen molar-refractivity contribution in [1.82, 2.24) is 9.78 Å². The van der Waals surface area contributed by atoms with E-state index < -0.39 is 64.8 Å². The van der Waals surface area contributed by atoms with Crippen molar-refractivity contribution >= 4 is 158 Å². The van der Waals surface area contributed by atoms with Gasteiger partial charge in [0.2, 0.25) is 0 Å². The number of amides is 1. The first-order valence-corrected chi connectivity index (χ1v) is 14.4. The summed E-state index contributed by atoms with van der Waals surface area (Å²) in [6.07, 6.45) is 5.98. The Hall–Kier alpha value is -2.16. The fourth-order valence-electron chi connectivity index (χ4n) is 3.74. The van der Waals surface area contributed by atoms with E-state index in [0.29, 0.717) is 0 Å². The first-order valence-electron chi connectivity index (χ1n) is 11.5. The quantitative estimate of drug-likeness (QED) is 0.0886. The van der Waals surface area contributed by atoms with Gasteiger partial charge in [-0.1, -0.05) is 18.2 Å². The van der Waals surface area contributed by atoms with Gasteiger partial charge in [-0.05, 0) is 60.7 Å². The second kappa shape index (κ2) is 15.6. The summed E-state index contributed by atoms with van der Waals surface area (Å²) in [7, 11) is -9.00. The van der Waals surface area contributed by atoms with Crippen molar-refractivity contribution in [2.45, 2.75) is 9.79 Å². The van der Waals surface area contributed by atoms with Crippen LogP contribution < -0.4 is 10.6 Å². The van der Waals surface area contributed by atoms with E-state index in [1.165, 1.54) is 30.4 Å². The standard InChI is InChI=1S/C25H18N4O12S2.2K/c30-22-18(20(24(32)33)26-28(22)14-6-10-16(11-7-14)42(36,37)38)4-2-1-3-5-19-21(25(34)35)27-29(23(19)31)15-8-12-17(13-9-15)43(39,40)41;;/h1-13,26H,(H,32,33)(H,34,35)(H,36,37,38)(H,39,40,41);;. The molecule has 0 saturated carbocycles. The molecule has 0 saturated heterocycles. The molecule has 2 radical (unpaired) electrons. The zero-order valence-electron chi connectivity index (χ0n) is 23.2. The number of rotatable bonds is 9. The number of hydrazone groups is 1. The number of hydrogen-bond acceptors (Lipinski definition) is 9. The summed E-state index contributed by atoms with van der Waals surface area (Å²) in [5.74, 6) is -3.89. The van der Waals surface area contributed by atoms with Gasteiger partial charge in [0.05, 0.1) is 32.3 Å². The maximum atomic E-state index is 12.9. The number of nitrogens with one attached hydrogen (secondary N) is 1. The summed E-state index contributed by atoms with van der Waals surface area (Å²) >= 11 is 0. The van der Waals surface area contributed by atoms with Crippen LogP contribution in [0.5, 0.6) is 0 Å². The molecule has 1 aliphatic rings. The molecule has 224 valence electrons. The number of carboxylic acids is 2. The van der Waals surface area contributed by atoms with Gasteiger partial charge in [0.15, 0.2) is 11.4 Å². The first-order chi connectivity index (χ1) is 20.1. The van der Waals surface area contributed by atoms with Crippen molar-refractivity contribution in [1.29, 1.82) is 0 Å². The summed E-state index contributed by atoms with van der Waals surface area (Å²) in [5, 5.41) is 25.9. The summed E-state index contributed by atoms with van der Waals surface area (Å²) in [4.78, 5) is 48.3. The van der Waals surface area contributed by atoms with E-state index in [4.69, 9.17) is 9.11 Å². The number of carboxylic acid groups (broad SMARTS) is 2. The van der Waals surface area contributed by atoms with Crippen LogP contribution in [0.4, 0.5) is 5.69 Å². The van der Waals surface area contributed by atoms with E-state index in [2.05, 4.69) is 10.2 Å². The van der Waals surface area contributed by atoms with Gasteiger partial charge in [0, 0.05) is 103 Å². The molecule has 16 nitrogen and oxygen atoms in total. The van der Waals surface area contributed by atoms with Crippen LogP contribution in [0.15, 0.2) is 98.1 Å². The van der Waals surface area contributed by atoms with E-state index in [9.17, 15) is 46.2 Å². The van der Waals surface area contributed by atoms with Gasteiger partial charge in [0.25, 0.3) is 31.7 Å². The summed E-state index contributed by atoms with van der Waals surface area (Å²) < 4.78 is 64.0. The molecule has 20 heteroatoms. The molecule has 4 rings (SSSR count). The zero-order valence-corrected chi connectivity index (χ0v) is 31.1. The third kappa shape index (κ3) is 9.01. The normalized spacial score (nSPS) is 14.4. The van der Waals surface area contributed by atoms with Crippen LogP contribution in [-0.4, -0.2) is 172 Å². The number of anilines is 1. The Bertz CT molecular complexity index is 2060. The molecule has 0 spiro atoms. The monoisotopic (exact) mass is 708 g/mol. The topological polar surface area (TPSA) is 254 Å². The molecule has 1 amide bonds. The van der Waals surface area contributed by atoms with E-state index in [-0.39, 0.29) is 125 Å². The molecule has 0 unspecified atom stereocenters. The molecule has 1 aliphatic heterocycles. The third-order valence-electron chi connectivity index (χ3n) is 5.74. The smallest absolute Gasteiger partial charge is 0.357 e. The van der Waals surface area contributed by atoms with Crippen LogP contribution >= 0.6 is 0 Å². The predicted molar refractivity (Wildman–Crippen MR) is 160 cm³/mol. The molecule has 3 aromatic rings. The summed E-state index contributed by atoms with van der Waals surface area (Å²) in [5.41, 5.74) is -2.51. The number of hydrogen-bond donors (Lipinski definition) is 5. The molecule has 0 atom stereocenters. The van der Waals surface area contributed by atoms with Crippen LogP contribution in [-0.2, 0) is 29.8 Å². The molecule has 0 bridgehead atoms. The molecular weight excluding hydrogens is 691 g/mol. The summed E-state index contributed by atoms with van der Waals surface area (Å²) in [6, 6.07) is 8.62. The molecule has 1 aromatic heterocycles. The van der Waals surface area contributed by atoms with Gasteiger partial charge in [-0.3, -0.25) is 23.8 Å². The number of carbonyl (C=O) groups is 3. The number of aromatic nitrogens is 2. The van der Waals surface area contributed by atoms with Gasteiger partial charge >= 0.3 is 11.9 Å². The predicted octanol–water partition coefficient (Wildman–Crippen LogP) is 0.579. The Morgan fingerprint density at radius 2 is 1.27 bits per heavy atom. The number of H-pyrrole nitrogens is 1. The van der Waals surface area contributed by atoms with E-state index in [0.717, 1.165) is 58.2 Å². The van der Waals surface area contributed by atoms with E-state index in [1.807, 2.05) is 0 Å². The van der Waals surface area contributed by atoms with E-state index in [1.54, 1.807) is 0 Å². The van der Waals surface area contributed by atoms with Crippen LogP contribution in [0.1, 0.15) is 16.1 Å². The second-order valence-corrected chi connectivity index (χ2v) is 11.3. The summed E-state index contributed by atoms with van der Waals surface area (Å²) in [6.45, 7) is 0. The third-order valence-corrected chi connectivity index (χ3v) is 7.48. The van der Waals surface area contributed by atoms with Crippen molar-refractivity contribution in [2.24, 2.45) is 5.10 Å². The Kier molecular flexibility index (Phi) is 13.5. The average molecular weight is 709 g/mol. The van der Waals surface area contributed by atoms with Crippen molar-refractivity contribution in [3.8, 4) is 5.69 Å². The van der Waals surface area contributed by atoms with Gasteiger partial charge in [0.1, 0.15) is 0 Å². The number of aromatic amines is 1.